The molecule has 2 amide bonds. The van der Waals surface area contributed by atoms with Gasteiger partial charge in [-0.05, 0) is 19.4 Å². The van der Waals surface area contributed by atoms with E-state index in [9.17, 15) is 14.4 Å². The van der Waals surface area contributed by atoms with E-state index in [-0.39, 0.29) is 29.7 Å². The molecule has 7 heteroatoms. The molecule has 23 heavy (non-hydrogen) atoms. The second-order valence-electron chi connectivity index (χ2n) is 7.39. The number of likely N-dealkylation sites (tertiary alicyclic amines) is 2. The predicted molar refractivity (Wildman–Crippen MR) is 82.4 cm³/mol. The van der Waals surface area contributed by atoms with E-state index in [2.05, 4.69) is 0 Å². The molecule has 1 unspecified atom stereocenters. The van der Waals surface area contributed by atoms with Crippen LogP contribution in [-0.2, 0) is 19.1 Å². The molecule has 3 atom stereocenters. The van der Waals surface area contributed by atoms with Crippen molar-refractivity contribution in [2.45, 2.75) is 32.4 Å². The van der Waals surface area contributed by atoms with Crippen molar-refractivity contribution >= 4 is 17.8 Å². The lowest BCUT2D eigenvalue weighted by Crippen LogP contribution is -2.63. The molecule has 0 aliphatic carbocycles. The molecule has 128 valence electrons. The molecule has 1 spiro atoms. The van der Waals surface area contributed by atoms with Gasteiger partial charge in [-0.1, -0.05) is 13.8 Å². The Morgan fingerprint density at radius 1 is 1.30 bits per heavy atom. The molecule has 0 radical (unpaired) electrons. The topological polar surface area (TPSA) is 69.9 Å². The van der Waals surface area contributed by atoms with Gasteiger partial charge in [0, 0.05) is 26.2 Å². The second kappa shape index (κ2) is 5.47. The van der Waals surface area contributed by atoms with Gasteiger partial charge in [0.15, 0.2) is 0 Å². The van der Waals surface area contributed by atoms with Crippen LogP contribution in [0, 0.1) is 11.3 Å². The molecule has 3 saturated heterocycles. The average Bonchev–Trinajstić information content (AvgIpc) is 3.10. The van der Waals surface area contributed by atoms with Crippen molar-refractivity contribution in [3.63, 3.8) is 0 Å². The van der Waals surface area contributed by atoms with Crippen LogP contribution in [0.3, 0.4) is 0 Å². The number of likely N-dealkylation sites (N-methyl/N-ethyl adjacent to an activating group) is 1. The minimum absolute atomic E-state index is 0.000486. The lowest BCUT2D eigenvalue weighted by molar-refractivity contribution is -0.161. The van der Waals surface area contributed by atoms with E-state index in [1.807, 2.05) is 25.8 Å². The number of rotatable bonds is 4. The average molecular weight is 323 g/mol. The summed E-state index contributed by atoms with van der Waals surface area (Å²) in [6.45, 7) is 6.16. The summed E-state index contributed by atoms with van der Waals surface area (Å²) in [6, 6.07) is -0.537. The third-order valence-electron chi connectivity index (χ3n) is 5.40. The maximum atomic E-state index is 12.9. The molecule has 0 aromatic rings. The number of carbonyl (C=O) groups is 3. The van der Waals surface area contributed by atoms with Crippen LogP contribution in [0.1, 0.15) is 20.3 Å². The van der Waals surface area contributed by atoms with Gasteiger partial charge < -0.3 is 14.5 Å². The monoisotopic (exact) mass is 323 g/mol. The van der Waals surface area contributed by atoms with Crippen molar-refractivity contribution in [2.24, 2.45) is 11.3 Å². The first kappa shape index (κ1) is 16.2. The Morgan fingerprint density at radius 2 is 1.91 bits per heavy atom. The highest BCUT2D eigenvalue weighted by atomic mass is 16.5. The van der Waals surface area contributed by atoms with Crippen molar-refractivity contribution in [2.75, 3.05) is 40.3 Å². The molecule has 0 N–H and O–H groups in total. The van der Waals surface area contributed by atoms with Gasteiger partial charge in [-0.15, -0.1) is 0 Å². The Morgan fingerprint density at radius 3 is 2.39 bits per heavy atom. The third kappa shape index (κ3) is 2.51. The molecule has 0 aromatic heterocycles. The molecular formula is C16H25N3O4. The molecule has 3 aliphatic heterocycles. The molecule has 0 aromatic carbocycles. The molecular weight excluding hydrogens is 298 g/mol. The lowest BCUT2D eigenvalue weighted by Gasteiger charge is -2.46. The molecule has 0 bridgehead atoms. The molecule has 3 aliphatic rings. The van der Waals surface area contributed by atoms with Gasteiger partial charge in [0.05, 0.1) is 12.5 Å². The standard InChI is InChI=1S/C16H25N3O4/c1-10(2)12(14(21)23-4)19-6-5-16(15(19)22)8-18(9-16)13(20)11-7-17(11)3/h10-12H,5-9H2,1-4H3/t11-,12+,17?/m1/s1. The van der Waals surface area contributed by atoms with Crippen LogP contribution in [0.5, 0.6) is 0 Å². The number of esters is 1. The minimum Gasteiger partial charge on any atom is -0.467 e. The number of carbonyl (C=O) groups excluding carboxylic acids is 3. The van der Waals surface area contributed by atoms with Crippen molar-refractivity contribution < 1.29 is 19.1 Å². The maximum Gasteiger partial charge on any atom is 0.328 e. The van der Waals surface area contributed by atoms with Gasteiger partial charge in [0.1, 0.15) is 12.1 Å². The maximum absolute atomic E-state index is 12.9. The predicted octanol–water partition coefficient (Wildman–Crippen LogP) is -0.441. The van der Waals surface area contributed by atoms with E-state index < -0.39 is 11.5 Å². The number of ether oxygens (including phenoxy) is 1. The SMILES string of the molecule is COC(=O)[C@H](C(C)C)N1CCC2(CN(C(=O)[C@H]3CN3C)C2)C1=O. The smallest absolute Gasteiger partial charge is 0.328 e. The van der Waals surface area contributed by atoms with E-state index in [1.54, 1.807) is 9.80 Å². The van der Waals surface area contributed by atoms with Crippen molar-refractivity contribution in [3.05, 3.63) is 0 Å². The first-order chi connectivity index (χ1) is 10.8. The molecule has 3 rings (SSSR count). The first-order valence-electron chi connectivity index (χ1n) is 8.18. The summed E-state index contributed by atoms with van der Waals surface area (Å²) in [6.07, 6.45) is 0.705. The van der Waals surface area contributed by atoms with Crippen LogP contribution in [0.2, 0.25) is 0 Å². The van der Waals surface area contributed by atoms with Crippen LogP contribution in [-0.4, -0.2) is 84.9 Å². The molecule has 3 heterocycles. The normalized spacial score (nSPS) is 29.7. The zero-order valence-corrected chi connectivity index (χ0v) is 14.2. The highest BCUT2D eigenvalue weighted by Crippen LogP contribution is 2.43. The van der Waals surface area contributed by atoms with Crippen LogP contribution < -0.4 is 0 Å². The Hall–Kier alpha value is -1.63. The van der Waals surface area contributed by atoms with Crippen LogP contribution in [0.4, 0.5) is 0 Å². The molecule has 7 nitrogen and oxygen atoms in total. The fourth-order valence-electron chi connectivity index (χ4n) is 3.83. The zero-order chi connectivity index (χ0) is 16.9. The van der Waals surface area contributed by atoms with Crippen molar-refractivity contribution in [3.8, 4) is 0 Å². The van der Waals surface area contributed by atoms with E-state index in [0.717, 1.165) is 6.54 Å². The Balaban J connectivity index is 1.66. The third-order valence-corrected chi connectivity index (χ3v) is 5.40. The number of hydrogen-bond acceptors (Lipinski definition) is 5. The van der Waals surface area contributed by atoms with E-state index in [4.69, 9.17) is 4.74 Å². The Bertz CT molecular complexity index is 541. The largest absolute Gasteiger partial charge is 0.467 e. The first-order valence-corrected chi connectivity index (χ1v) is 8.18. The zero-order valence-electron chi connectivity index (χ0n) is 14.2. The van der Waals surface area contributed by atoms with Gasteiger partial charge in [0.25, 0.3) is 0 Å². The van der Waals surface area contributed by atoms with Crippen LogP contribution >= 0.6 is 0 Å². The van der Waals surface area contributed by atoms with Crippen LogP contribution in [0.15, 0.2) is 0 Å². The van der Waals surface area contributed by atoms with E-state index in [0.29, 0.717) is 26.1 Å². The summed E-state index contributed by atoms with van der Waals surface area (Å²) >= 11 is 0. The summed E-state index contributed by atoms with van der Waals surface area (Å²) in [5.74, 6) is -0.246. The Labute approximate surface area is 136 Å². The summed E-state index contributed by atoms with van der Waals surface area (Å²) < 4.78 is 4.86. The van der Waals surface area contributed by atoms with E-state index in [1.165, 1.54) is 7.11 Å². The highest BCUT2D eigenvalue weighted by Gasteiger charge is 2.59. The lowest BCUT2D eigenvalue weighted by atomic mass is 9.78. The summed E-state index contributed by atoms with van der Waals surface area (Å²) in [5, 5.41) is 0. The van der Waals surface area contributed by atoms with Crippen molar-refractivity contribution in [1.82, 2.24) is 14.7 Å². The number of amides is 2. The van der Waals surface area contributed by atoms with Gasteiger partial charge in [-0.3, -0.25) is 14.5 Å². The fourth-order valence-corrected chi connectivity index (χ4v) is 3.83. The summed E-state index contributed by atoms with van der Waals surface area (Å²) in [5.41, 5.74) is -0.482. The Kier molecular flexibility index (Phi) is 3.86. The molecule has 0 saturated carbocycles. The van der Waals surface area contributed by atoms with Crippen molar-refractivity contribution in [1.29, 1.82) is 0 Å². The molecule has 3 fully saturated rings. The van der Waals surface area contributed by atoms with Gasteiger partial charge in [-0.2, -0.15) is 0 Å². The van der Waals surface area contributed by atoms with Crippen LogP contribution in [0.25, 0.3) is 0 Å². The summed E-state index contributed by atoms with van der Waals surface area (Å²) in [4.78, 5) is 42.5. The quantitative estimate of drug-likeness (QED) is 0.518. The number of methoxy groups -OCH3 is 1. The highest BCUT2D eigenvalue weighted by molar-refractivity contribution is 5.94. The number of nitrogens with zero attached hydrogens (tertiary/aromatic N) is 3. The summed E-state index contributed by atoms with van der Waals surface area (Å²) in [7, 11) is 3.27. The van der Waals surface area contributed by atoms with E-state index >= 15 is 0 Å². The van der Waals surface area contributed by atoms with Gasteiger partial charge >= 0.3 is 5.97 Å². The fraction of sp³-hybridized carbons (Fsp3) is 0.812. The second-order valence-corrected chi connectivity index (χ2v) is 7.39. The number of hydrogen-bond donors (Lipinski definition) is 0. The van der Waals surface area contributed by atoms with Gasteiger partial charge in [-0.25, -0.2) is 4.79 Å². The van der Waals surface area contributed by atoms with Gasteiger partial charge in [0.2, 0.25) is 11.8 Å². The minimum atomic E-state index is -0.536.